The molecule has 0 spiro atoms. The van der Waals surface area contributed by atoms with Crippen molar-refractivity contribution in [1.82, 2.24) is 9.97 Å². The Morgan fingerprint density at radius 3 is 2.78 bits per heavy atom. The molecular formula is C13H8BrClN2S. The molecule has 2 heterocycles. The summed E-state index contributed by atoms with van der Waals surface area (Å²) in [5, 5.41) is 3.39. The van der Waals surface area contributed by atoms with Crippen LogP contribution in [0.15, 0.2) is 34.1 Å². The van der Waals surface area contributed by atoms with Crippen LogP contribution in [0.5, 0.6) is 0 Å². The number of thiophene rings is 1. The van der Waals surface area contributed by atoms with Gasteiger partial charge < -0.3 is 0 Å². The first-order valence-electron chi connectivity index (χ1n) is 5.32. The highest BCUT2D eigenvalue weighted by atomic mass is 79.9. The summed E-state index contributed by atoms with van der Waals surface area (Å²) in [5.74, 6) is 0.697. The Morgan fingerprint density at radius 2 is 2.06 bits per heavy atom. The second-order valence-electron chi connectivity index (χ2n) is 3.93. The lowest BCUT2D eigenvalue weighted by Crippen LogP contribution is -1.91. The maximum atomic E-state index is 6.24. The van der Waals surface area contributed by atoms with Crippen LogP contribution in [0.25, 0.3) is 21.6 Å². The van der Waals surface area contributed by atoms with Gasteiger partial charge in [-0.15, -0.1) is 11.3 Å². The monoisotopic (exact) mass is 338 g/mol. The summed E-state index contributed by atoms with van der Waals surface area (Å²) in [7, 11) is 0. The zero-order valence-corrected chi connectivity index (χ0v) is 12.6. The number of aromatic nitrogens is 2. The molecule has 90 valence electrons. The first-order chi connectivity index (χ1) is 8.65. The predicted molar refractivity (Wildman–Crippen MR) is 80.3 cm³/mol. The fourth-order valence-corrected chi connectivity index (χ4v) is 3.22. The Labute approximate surface area is 122 Å². The fraction of sp³-hybridized carbons (Fsp3) is 0.0769. The topological polar surface area (TPSA) is 25.8 Å². The van der Waals surface area contributed by atoms with Crippen molar-refractivity contribution in [2.75, 3.05) is 0 Å². The van der Waals surface area contributed by atoms with Crippen LogP contribution in [0, 0.1) is 6.92 Å². The van der Waals surface area contributed by atoms with Gasteiger partial charge >= 0.3 is 0 Å². The van der Waals surface area contributed by atoms with Gasteiger partial charge in [0.25, 0.3) is 0 Å². The van der Waals surface area contributed by atoms with Gasteiger partial charge in [-0.1, -0.05) is 27.5 Å². The van der Waals surface area contributed by atoms with E-state index in [0.717, 1.165) is 20.3 Å². The number of hydrogen-bond donors (Lipinski definition) is 0. The van der Waals surface area contributed by atoms with E-state index in [1.165, 1.54) is 5.56 Å². The van der Waals surface area contributed by atoms with E-state index < -0.39 is 0 Å². The van der Waals surface area contributed by atoms with E-state index in [4.69, 9.17) is 11.6 Å². The lowest BCUT2D eigenvalue weighted by molar-refractivity contribution is 1.23. The first kappa shape index (κ1) is 12.1. The summed E-state index contributed by atoms with van der Waals surface area (Å²) in [4.78, 5) is 10.0. The third-order valence-electron chi connectivity index (χ3n) is 2.68. The molecule has 0 aliphatic carbocycles. The van der Waals surface area contributed by atoms with E-state index in [9.17, 15) is 0 Å². The van der Waals surface area contributed by atoms with Gasteiger partial charge in [0.15, 0.2) is 5.82 Å². The van der Waals surface area contributed by atoms with Crippen molar-refractivity contribution in [3.05, 3.63) is 44.8 Å². The molecule has 2 aromatic heterocycles. The van der Waals surface area contributed by atoms with Crippen molar-refractivity contribution < 1.29 is 0 Å². The van der Waals surface area contributed by atoms with E-state index in [1.807, 2.05) is 23.6 Å². The lowest BCUT2D eigenvalue weighted by atomic mass is 10.2. The number of halogens is 2. The molecule has 2 nitrogen and oxygen atoms in total. The number of hydrogen-bond acceptors (Lipinski definition) is 3. The Morgan fingerprint density at radius 1 is 1.22 bits per heavy atom. The summed E-state index contributed by atoms with van der Waals surface area (Å²) >= 11 is 11.3. The standard InChI is InChI=1S/C13H8BrClN2S/c1-7-4-5-18-11(7)13-16-10-3-2-8(14)6-9(10)12(15)17-13/h2-6H,1H3. The van der Waals surface area contributed by atoms with Gasteiger partial charge in [0, 0.05) is 9.86 Å². The number of nitrogens with zero attached hydrogens (tertiary/aromatic N) is 2. The highest BCUT2D eigenvalue weighted by Gasteiger charge is 2.11. The summed E-state index contributed by atoms with van der Waals surface area (Å²) in [6.45, 7) is 2.05. The van der Waals surface area contributed by atoms with E-state index in [1.54, 1.807) is 11.3 Å². The Balaban J connectivity index is 2.28. The van der Waals surface area contributed by atoms with Gasteiger partial charge in [-0.25, -0.2) is 9.97 Å². The molecule has 0 unspecified atom stereocenters. The van der Waals surface area contributed by atoms with Crippen LogP contribution in [0.2, 0.25) is 5.15 Å². The lowest BCUT2D eigenvalue weighted by Gasteiger charge is -2.04. The van der Waals surface area contributed by atoms with Crippen molar-refractivity contribution in [1.29, 1.82) is 0 Å². The molecular weight excluding hydrogens is 332 g/mol. The van der Waals surface area contributed by atoms with Crippen molar-refractivity contribution in [3.8, 4) is 10.7 Å². The second-order valence-corrected chi connectivity index (χ2v) is 6.12. The minimum Gasteiger partial charge on any atom is -0.227 e. The highest BCUT2D eigenvalue weighted by Crippen LogP contribution is 2.31. The number of fused-ring (bicyclic) bond motifs is 1. The average Bonchev–Trinajstić information content (AvgIpc) is 2.76. The zero-order chi connectivity index (χ0) is 12.7. The Bertz CT molecular complexity index is 739. The highest BCUT2D eigenvalue weighted by molar-refractivity contribution is 9.10. The second kappa shape index (κ2) is 4.61. The van der Waals surface area contributed by atoms with Crippen LogP contribution in [0.4, 0.5) is 0 Å². The quantitative estimate of drug-likeness (QED) is 0.578. The third kappa shape index (κ3) is 2.05. The SMILES string of the molecule is Cc1ccsc1-c1nc(Cl)c2cc(Br)ccc2n1. The molecule has 0 N–H and O–H groups in total. The predicted octanol–water partition coefficient (Wildman–Crippen LogP) is 5.08. The van der Waals surface area contributed by atoms with Gasteiger partial charge in [-0.05, 0) is 42.1 Å². The number of benzene rings is 1. The van der Waals surface area contributed by atoms with E-state index >= 15 is 0 Å². The van der Waals surface area contributed by atoms with Crippen molar-refractivity contribution in [3.63, 3.8) is 0 Å². The summed E-state index contributed by atoms with van der Waals surface area (Å²) < 4.78 is 0.973. The average molecular weight is 340 g/mol. The minimum atomic E-state index is 0.490. The molecule has 0 aliphatic heterocycles. The summed E-state index contributed by atoms with van der Waals surface area (Å²) in [5.41, 5.74) is 2.04. The maximum absolute atomic E-state index is 6.24. The molecule has 0 aliphatic rings. The van der Waals surface area contributed by atoms with Crippen LogP contribution in [-0.4, -0.2) is 9.97 Å². The molecule has 0 fully saturated rings. The van der Waals surface area contributed by atoms with Crippen molar-refractivity contribution in [2.45, 2.75) is 6.92 Å². The van der Waals surface area contributed by atoms with Crippen LogP contribution in [0.3, 0.4) is 0 Å². The van der Waals surface area contributed by atoms with E-state index in [0.29, 0.717) is 11.0 Å². The van der Waals surface area contributed by atoms with Gasteiger partial charge in [-0.3, -0.25) is 0 Å². The van der Waals surface area contributed by atoms with E-state index in [-0.39, 0.29) is 0 Å². The van der Waals surface area contributed by atoms with Crippen molar-refractivity contribution >= 4 is 49.8 Å². The molecule has 0 amide bonds. The molecule has 0 saturated carbocycles. The molecule has 3 rings (SSSR count). The van der Waals surface area contributed by atoms with Crippen molar-refractivity contribution in [2.24, 2.45) is 0 Å². The summed E-state index contributed by atoms with van der Waals surface area (Å²) in [6.07, 6.45) is 0. The van der Waals surface area contributed by atoms with Crippen LogP contribution < -0.4 is 0 Å². The first-order valence-corrected chi connectivity index (χ1v) is 7.37. The molecule has 0 saturated heterocycles. The Kier molecular flexibility index (Phi) is 3.09. The van der Waals surface area contributed by atoms with Crippen LogP contribution >= 0.6 is 38.9 Å². The normalized spacial score (nSPS) is 11.1. The maximum Gasteiger partial charge on any atom is 0.171 e. The van der Waals surface area contributed by atoms with Gasteiger partial charge in [0.2, 0.25) is 0 Å². The van der Waals surface area contributed by atoms with Gasteiger partial charge in [0.05, 0.1) is 10.4 Å². The molecule has 5 heteroatoms. The molecule has 0 radical (unpaired) electrons. The minimum absolute atomic E-state index is 0.490. The van der Waals surface area contributed by atoms with Gasteiger partial charge in [0.1, 0.15) is 5.15 Å². The molecule has 0 atom stereocenters. The molecule has 1 aromatic carbocycles. The van der Waals surface area contributed by atoms with Crippen LogP contribution in [-0.2, 0) is 0 Å². The Hall–Kier alpha value is -0.970. The fourth-order valence-electron chi connectivity index (χ4n) is 1.77. The molecule has 3 aromatic rings. The van der Waals surface area contributed by atoms with Gasteiger partial charge in [-0.2, -0.15) is 0 Å². The van der Waals surface area contributed by atoms with Crippen LogP contribution in [0.1, 0.15) is 5.56 Å². The number of aryl methyl sites for hydroxylation is 1. The van der Waals surface area contributed by atoms with E-state index in [2.05, 4.69) is 38.9 Å². The zero-order valence-electron chi connectivity index (χ0n) is 9.45. The largest absolute Gasteiger partial charge is 0.227 e. The summed E-state index contributed by atoms with van der Waals surface area (Å²) in [6, 6.07) is 7.89. The third-order valence-corrected chi connectivity index (χ3v) is 4.47. The molecule has 18 heavy (non-hydrogen) atoms. The molecule has 0 bridgehead atoms. The smallest absolute Gasteiger partial charge is 0.171 e. The number of rotatable bonds is 1.